The molecule has 1 nitrogen and oxygen atoms in total. The predicted octanol–water partition coefficient (Wildman–Crippen LogP) is 18.1. The van der Waals surface area contributed by atoms with Gasteiger partial charge in [-0.2, -0.15) is 26.3 Å². The van der Waals surface area contributed by atoms with Crippen molar-refractivity contribution < 1.29 is 93.7 Å². The Labute approximate surface area is 359 Å². The van der Waals surface area contributed by atoms with E-state index in [1.807, 2.05) is 12.1 Å². The molecule has 0 fully saturated rings. The van der Waals surface area contributed by atoms with Gasteiger partial charge >= 0.3 is 12.4 Å². The predicted molar refractivity (Wildman–Crippen MR) is 229 cm³/mol. The van der Waals surface area contributed by atoms with Crippen LogP contribution < -0.4 is 0 Å². The van der Waals surface area contributed by atoms with E-state index in [1.54, 1.807) is 30.3 Å². The van der Waals surface area contributed by atoms with Crippen LogP contribution in [-0.2, 0) is 24.8 Å². The fourth-order valence-corrected chi connectivity index (χ4v) is 7.19. The average Bonchev–Trinajstić information content (AvgIpc) is 4.34. The molecule has 4 aromatic rings. The molecule has 0 bridgehead atoms. The van der Waals surface area contributed by atoms with Crippen LogP contribution in [0.2, 0.25) is 0 Å². The monoisotopic (exact) mass is 855 g/mol. The molecule has 52 heavy (non-hydrogen) atoms. The topological polar surface area (TPSA) is 20.2 Å². The lowest BCUT2D eigenvalue weighted by atomic mass is 9.79. The Hall–Kier alpha value is -3.95. The first-order chi connectivity index (χ1) is 42.3. The third kappa shape index (κ3) is 8.31. The first-order valence-electron chi connectivity index (χ1n) is 34.9. The highest BCUT2D eigenvalue weighted by Gasteiger charge is 2.35. The number of aliphatic hydroxyl groups excluding tert-OH is 1. The molecule has 4 aromatic carbocycles. The van der Waals surface area contributed by atoms with Gasteiger partial charge in [-0.25, -0.2) is 8.78 Å². The Morgan fingerprint density at radius 1 is 0.596 bits per heavy atom. The fourth-order valence-electron chi connectivity index (χ4n) is 7.02. The molecule has 0 amide bonds. The van der Waals surface area contributed by atoms with Crippen molar-refractivity contribution in [1.82, 2.24) is 0 Å². The number of aliphatic hydroxyl groups is 1. The molecule has 0 unspecified atom stereocenters. The van der Waals surface area contributed by atoms with Gasteiger partial charge in [0.05, 0.1) is 17.7 Å². The Bertz CT molecular complexity index is 1960. The van der Waals surface area contributed by atoms with Crippen LogP contribution in [0.1, 0.15) is 140 Å². The maximum absolute atomic E-state index is 14.5. The second-order valence-electron chi connectivity index (χ2n) is 14.5. The summed E-state index contributed by atoms with van der Waals surface area (Å²) in [5.74, 6) is -1.09. The van der Waals surface area contributed by atoms with Gasteiger partial charge in [0.2, 0.25) is 0 Å². The molecule has 6 rings (SSSR count). The fraction of sp³-hybridized carbons (Fsp3) is 0.333. The summed E-state index contributed by atoms with van der Waals surface area (Å²) in [5, 5.41) is 9.46. The Balaban J connectivity index is -0.0000000686. The summed E-state index contributed by atoms with van der Waals surface area (Å²) in [6.45, 7) is 8.11. The number of allylic oxidation sites excluding steroid dienone is 4. The zero-order valence-electron chi connectivity index (χ0n) is 65.2. The van der Waals surface area contributed by atoms with Crippen molar-refractivity contribution in [2.24, 2.45) is 10.8 Å². The van der Waals surface area contributed by atoms with E-state index in [9.17, 15) is 40.2 Å². The second kappa shape index (κ2) is 14.8. The molecular weight excluding hydrogens is 708 g/mol. The number of alkyl halides is 7. The molecule has 0 aliphatic heterocycles. The zero-order chi connectivity index (χ0) is 74.2. The van der Waals surface area contributed by atoms with Crippen LogP contribution >= 0.6 is 11.6 Å². The van der Waals surface area contributed by atoms with Crippen LogP contribution in [0.4, 0.5) is 35.1 Å². The average molecular weight is 856 g/mol. The molecule has 0 spiro atoms. The number of benzene rings is 4. The largest absolute Gasteiger partial charge is 0.416 e. The molecule has 1 N–H and O–H groups in total. The molecule has 312 valence electrons. The Morgan fingerprint density at radius 3 is 1.35 bits per heavy atom. The molecule has 0 saturated carbocycles. The van der Waals surface area contributed by atoms with Crippen molar-refractivity contribution in [3.63, 3.8) is 0 Å². The second-order valence-corrected chi connectivity index (χ2v) is 14.8. The van der Waals surface area contributed by atoms with Crippen LogP contribution in [-0.4, -0.2) is 5.11 Å². The van der Waals surface area contributed by atoms with Crippen LogP contribution in [0.5, 0.6) is 0 Å². The van der Waals surface area contributed by atoms with Gasteiger partial charge in [-0.1, -0.05) is 64.1 Å². The summed E-state index contributed by atoms with van der Waals surface area (Å²) in [5.41, 5.74) is 3.63. The van der Waals surface area contributed by atoms with Gasteiger partial charge in [0, 0.05) is 70.5 Å². The number of rotatable bonds is 6. The molecule has 0 saturated heterocycles. The first-order valence-corrected chi connectivity index (χ1v) is 17.4. The summed E-state index contributed by atoms with van der Waals surface area (Å²) >= 11 is 5.95. The smallest absolute Gasteiger partial charge is 0.392 e. The molecular formula is C42H75ClF8O. The van der Waals surface area contributed by atoms with E-state index in [0.29, 0.717) is 22.3 Å². The molecule has 0 atom stereocenters. The van der Waals surface area contributed by atoms with Gasteiger partial charge in [-0.3, -0.25) is 0 Å². The van der Waals surface area contributed by atoms with E-state index in [0.717, 1.165) is 84.4 Å². The lowest BCUT2D eigenvalue weighted by molar-refractivity contribution is -0.138. The Morgan fingerprint density at radius 2 is 1.00 bits per heavy atom. The minimum Gasteiger partial charge on any atom is -0.392 e. The van der Waals surface area contributed by atoms with Crippen molar-refractivity contribution >= 4 is 22.7 Å². The normalized spacial score (nSPS) is 19.4. The van der Waals surface area contributed by atoms with Crippen LogP contribution in [0, 0.1) is 22.5 Å². The molecule has 10 heteroatoms. The van der Waals surface area contributed by atoms with Gasteiger partial charge in [-0.15, -0.1) is 11.6 Å². The molecule has 2 aliphatic carbocycles. The van der Waals surface area contributed by atoms with Gasteiger partial charge in [0.15, 0.2) is 0 Å². The number of hydrogen-bond donors (Lipinski definition) is 1. The first kappa shape index (κ1) is 21.7. The van der Waals surface area contributed by atoms with E-state index < -0.39 is 35.1 Å². The lowest BCUT2D eigenvalue weighted by Gasteiger charge is -2.25. The van der Waals surface area contributed by atoms with E-state index in [2.05, 4.69) is 33.8 Å². The Kier molecular flexibility index (Phi) is 6.18. The SMILES string of the molecule is CC1(C)CCC=C1c1cc(CCl)ccc1-c1cc(C(F)(F)F)ccc1F.CC1(C)CCC=C1c1cc(CO)ccc1-c1cc(C(F)(F)F)ccc1F.[3H][3H].[3H][3H].[3H][3H].[3H][3H].[3H][3H].[3H][3H].[3H][3H].[3H][3H].[3H][3H].[3H][3H].[3H][3H].[3H][3H].[3H][3H].[3H][3H].[3H][3H].[3H][3H].[3H][3H].[3H][3H]. The number of hydrogen-bond acceptors (Lipinski definition) is 1. The van der Waals surface area contributed by atoms with Gasteiger partial charge in [0.1, 0.15) is 11.6 Å². The molecule has 0 heterocycles. The minimum absolute atomic E-state index is 0.0421. The minimum atomic E-state index is -4.54. The van der Waals surface area contributed by atoms with Gasteiger partial charge in [-0.05, 0) is 130 Å². The summed E-state index contributed by atoms with van der Waals surface area (Å²) in [6.07, 6.45) is -1.33. The highest BCUT2D eigenvalue weighted by Crippen LogP contribution is 2.49. The molecule has 0 radical (unpaired) electrons. The number of halogens is 9. The zero-order valence-corrected chi connectivity index (χ0v) is 29.9. The van der Waals surface area contributed by atoms with Gasteiger partial charge < -0.3 is 5.11 Å². The van der Waals surface area contributed by atoms with Crippen molar-refractivity contribution in [2.75, 3.05) is 0 Å². The van der Waals surface area contributed by atoms with Crippen LogP contribution in [0.25, 0.3) is 33.4 Å². The quantitative estimate of drug-likeness (QED) is 0.151. The molecule has 2 aliphatic rings. The highest BCUT2D eigenvalue weighted by atomic mass is 35.5. The summed E-state index contributed by atoms with van der Waals surface area (Å²) in [4.78, 5) is 0. The summed E-state index contributed by atoms with van der Waals surface area (Å²) < 4.78 is 288. The van der Waals surface area contributed by atoms with E-state index >= 15 is 0 Å². The highest BCUT2D eigenvalue weighted by molar-refractivity contribution is 6.17. The van der Waals surface area contributed by atoms with Crippen molar-refractivity contribution in [3.05, 3.63) is 130 Å². The van der Waals surface area contributed by atoms with Crippen LogP contribution in [0.3, 0.4) is 0 Å². The maximum Gasteiger partial charge on any atom is 0.416 e. The van der Waals surface area contributed by atoms with E-state index in [4.69, 9.17) is 65.1 Å². The summed E-state index contributed by atoms with van der Waals surface area (Å²) in [7, 11) is 0. The maximum atomic E-state index is 14.5. The van der Waals surface area contributed by atoms with Crippen LogP contribution in [0.15, 0.2) is 84.9 Å². The third-order valence-electron chi connectivity index (χ3n) is 9.95. The van der Waals surface area contributed by atoms with Gasteiger partial charge in [0.25, 0.3) is 0 Å². The van der Waals surface area contributed by atoms with Crippen molar-refractivity contribution in [3.8, 4) is 22.3 Å². The standard InChI is InChI=1S/C21H19ClF4.C21H20F4O.18H2/c1-20(2)9-3-4-18(20)16-10-13(12-22)5-7-15(16)17-11-14(21(24,25)26)6-8-19(17)23;1-20(2)9-3-4-18(20)16-10-13(12-26)5-7-15(16)17-11-14(21(23,24)25)6-8-19(17)22;;;;;;;;;;;;;;;;;;/h4-8,10-11H,3,9,12H2,1-2H3;4-8,10-11,26H,3,9,12H2,1-2H3;18*1H/i;;18*1+2T. The van der Waals surface area contributed by atoms with E-state index in [-0.39, 0.29) is 34.4 Å². The molecule has 0 aromatic heterocycles. The third-order valence-corrected chi connectivity index (χ3v) is 10.3. The van der Waals surface area contributed by atoms with E-state index in [1.165, 1.54) is 0 Å². The lowest BCUT2D eigenvalue weighted by Crippen LogP contribution is -2.11. The van der Waals surface area contributed by atoms with Crippen molar-refractivity contribution in [1.29, 1.82) is 0 Å². The summed E-state index contributed by atoms with van der Waals surface area (Å²) in [6, 6.07) is 15.2. The van der Waals surface area contributed by atoms with Crippen molar-refractivity contribution in [2.45, 2.75) is 78.2 Å².